The molecule has 106 valence electrons. The van der Waals surface area contributed by atoms with E-state index < -0.39 is 5.60 Å². The fraction of sp³-hybridized carbons (Fsp3) is 0.267. The van der Waals surface area contributed by atoms with Gasteiger partial charge >= 0.3 is 0 Å². The van der Waals surface area contributed by atoms with Crippen LogP contribution in [0, 0.1) is 0 Å². The lowest BCUT2D eigenvalue weighted by Gasteiger charge is -2.24. The number of rotatable bonds is 5. The molecule has 1 atom stereocenters. The van der Waals surface area contributed by atoms with Crippen molar-refractivity contribution in [1.29, 1.82) is 0 Å². The molecule has 0 saturated carbocycles. The molecule has 0 aliphatic rings. The zero-order chi connectivity index (χ0) is 14.6. The van der Waals surface area contributed by atoms with Gasteiger partial charge in [-0.1, -0.05) is 29.8 Å². The molecule has 2 rings (SSSR count). The summed E-state index contributed by atoms with van der Waals surface area (Å²) in [5.74, 6) is -0.0957. The topological polar surface area (TPSA) is 49.3 Å². The average molecular weight is 310 g/mol. The highest BCUT2D eigenvalue weighted by atomic mass is 35.5. The molecule has 0 aliphatic carbocycles. The molecular weight excluding hydrogens is 294 g/mol. The zero-order valence-corrected chi connectivity index (χ0v) is 12.7. The van der Waals surface area contributed by atoms with Gasteiger partial charge in [0, 0.05) is 9.90 Å². The molecule has 1 aromatic carbocycles. The maximum Gasteiger partial charge on any atom is 0.225 e. The number of amides is 1. The Labute approximate surface area is 127 Å². The SMILES string of the molecule is CC(O)(CNC(=O)Cc1cccs1)c1ccc(Cl)cc1. The van der Waals surface area contributed by atoms with Crippen LogP contribution in [0.15, 0.2) is 41.8 Å². The smallest absolute Gasteiger partial charge is 0.225 e. The van der Waals surface area contributed by atoms with Crippen molar-refractivity contribution >= 4 is 28.8 Å². The molecule has 2 N–H and O–H groups in total. The summed E-state index contributed by atoms with van der Waals surface area (Å²) in [5.41, 5.74) is -0.395. The van der Waals surface area contributed by atoms with Gasteiger partial charge in [0.2, 0.25) is 5.91 Å². The van der Waals surface area contributed by atoms with Crippen LogP contribution in [0.2, 0.25) is 5.02 Å². The summed E-state index contributed by atoms with van der Waals surface area (Å²) in [4.78, 5) is 12.8. The summed E-state index contributed by atoms with van der Waals surface area (Å²) >= 11 is 7.36. The summed E-state index contributed by atoms with van der Waals surface area (Å²) in [7, 11) is 0. The van der Waals surface area contributed by atoms with Crippen LogP contribution in [0.1, 0.15) is 17.4 Å². The molecule has 1 amide bonds. The summed E-state index contributed by atoms with van der Waals surface area (Å²) in [5, 5.41) is 15.7. The highest BCUT2D eigenvalue weighted by Gasteiger charge is 2.23. The lowest BCUT2D eigenvalue weighted by atomic mass is 9.96. The molecule has 3 nitrogen and oxygen atoms in total. The van der Waals surface area contributed by atoms with Crippen molar-refractivity contribution in [2.75, 3.05) is 6.54 Å². The first-order valence-corrected chi connectivity index (χ1v) is 7.51. The number of halogens is 1. The second-order valence-corrected chi connectivity index (χ2v) is 6.28. The summed E-state index contributed by atoms with van der Waals surface area (Å²) in [6.45, 7) is 1.83. The van der Waals surface area contributed by atoms with Crippen LogP contribution in [0.3, 0.4) is 0 Å². The third-order valence-electron chi connectivity index (χ3n) is 3.01. The molecule has 0 saturated heterocycles. The maximum atomic E-state index is 11.8. The molecule has 1 aromatic heterocycles. The minimum absolute atomic E-state index is 0.0957. The Morgan fingerprint density at radius 1 is 1.35 bits per heavy atom. The first-order valence-electron chi connectivity index (χ1n) is 6.25. The van der Waals surface area contributed by atoms with Gasteiger partial charge in [-0.2, -0.15) is 0 Å². The predicted octanol–water partition coefficient (Wildman–Crippen LogP) is 2.97. The average Bonchev–Trinajstić information content (AvgIpc) is 2.90. The van der Waals surface area contributed by atoms with E-state index in [1.54, 1.807) is 42.5 Å². The number of hydrogen-bond acceptors (Lipinski definition) is 3. The maximum absolute atomic E-state index is 11.8. The first kappa shape index (κ1) is 15.0. The van der Waals surface area contributed by atoms with Crippen molar-refractivity contribution in [3.05, 3.63) is 57.2 Å². The fourth-order valence-electron chi connectivity index (χ4n) is 1.82. The number of carbonyl (C=O) groups excluding carboxylic acids is 1. The van der Waals surface area contributed by atoms with Crippen molar-refractivity contribution in [3.63, 3.8) is 0 Å². The van der Waals surface area contributed by atoms with Crippen LogP contribution in [0.4, 0.5) is 0 Å². The standard InChI is InChI=1S/C15H16ClNO2S/c1-15(19,11-4-6-12(16)7-5-11)10-17-14(18)9-13-3-2-8-20-13/h2-8,19H,9-10H2,1H3,(H,17,18). The Kier molecular flexibility index (Phi) is 4.81. The van der Waals surface area contributed by atoms with Crippen molar-refractivity contribution in [3.8, 4) is 0 Å². The van der Waals surface area contributed by atoms with E-state index in [-0.39, 0.29) is 12.5 Å². The molecule has 2 aromatic rings. The van der Waals surface area contributed by atoms with E-state index in [2.05, 4.69) is 5.32 Å². The van der Waals surface area contributed by atoms with E-state index in [1.165, 1.54) is 0 Å². The van der Waals surface area contributed by atoms with Crippen molar-refractivity contribution in [2.45, 2.75) is 18.9 Å². The van der Waals surface area contributed by atoms with Crippen LogP contribution >= 0.6 is 22.9 Å². The lowest BCUT2D eigenvalue weighted by Crippen LogP contribution is -2.39. The van der Waals surface area contributed by atoms with Crippen LogP contribution in [-0.2, 0) is 16.8 Å². The van der Waals surface area contributed by atoms with Gasteiger partial charge in [0.15, 0.2) is 0 Å². The Hall–Kier alpha value is -1.36. The lowest BCUT2D eigenvalue weighted by molar-refractivity contribution is -0.121. The van der Waals surface area contributed by atoms with Crippen molar-refractivity contribution in [2.24, 2.45) is 0 Å². The second-order valence-electron chi connectivity index (χ2n) is 4.81. The Bertz CT molecular complexity index is 564. The Balaban J connectivity index is 1.91. The van der Waals surface area contributed by atoms with Crippen molar-refractivity contribution in [1.82, 2.24) is 5.32 Å². The molecule has 0 aliphatic heterocycles. The summed E-state index contributed by atoms with van der Waals surface area (Å²) in [6, 6.07) is 10.8. The monoisotopic (exact) mass is 309 g/mol. The van der Waals surface area contributed by atoms with Gasteiger partial charge in [0.05, 0.1) is 13.0 Å². The summed E-state index contributed by atoms with van der Waals surface area (Å²) < 4.78 is 0. The number of nitrogens with one attached hydrogen (secondary N) is 1. The molecular formula is C15H16ClNO2S. The molecule has 0 bridgehead atoms. The molecule has 1 unspecified atom stereocenters. The Morgan fingerprint density at radius 3 is 2.65 bits per heavy atom. The van der Waals surface area contributed by atoms with Gasteiger partial charge in [-0.15, -0.1) is 11.3 Å². The zero-order valence-electron chi connectivity index (χ0n) is 11.1. The second kappa shape index (κ2) is 6.39. The number of benzene rings is 1. The van der Waals surface area contributed by atoms with E-state index in [0.717, 1.165) is 10.4 Å². The van der Waals surface area contributed by atoms with Crippen LogP contribution < -0.4 is 5.32 Å². The van der Waals surface area contributed by atoms with E-state index in [9.17, 15) is 9.90 Å². The van der Waals surface area contributed by atoms with Gasteiger partial charge in [-0.3, -0.25) is 4.79 Å². The highest BCUT2D eigenvalue weighted by Crippen LogP contribution is 2.21. The van der Waals surface area contributed by atoms with E-state index in [4.69, 9.17) is 11.6 Å². The van der Waals surface area contributed by atoms with Gasteiger partial charge in [-0.25, -0.2) is 0 Å². The number of aliphatic hydroxyl groups is 1. The minimum atomic E-state index is -1.12. The van der Waals surface area contributed by atoms with E-state index >= 15 is 0 Å². The Morgan fingerprint density at radius 2 is 2.05 bits per heavy atom. The van der Waals surface area contributed by atoms with Crippen LogP contribution in [0.25, 0.3) is 0 Å². The first-order chi connectivity index (χ1) is 9.47. The van der Waals surface area contributed by atoms with E-state index in [1.807, 2.05) is 17.5 Å². The largest absolute Gasteiger partial charge is 0.384 e. The van der Waals surface area contributed by atoms with Gasteiger partial charge in [0.25, 0.3) is 0 Å². The molecule has 0 spiro atoms. The van der Waals surface area contributed by atoms with Crippen molar-refractivity contribution < 1.29 is 9.90 Å². The highest BCUT2D eigenvalue weighted by molar-refractivity contribution is 7.10. The number of hydrogen-bond donors (Lipinski definition) is 2. The minimum Gasteiger partial charge on any atom is -0.384 e. The molecule has 5 heteroatoms. The normalized spacial score (nSPS) is 13.8. The molecule has 0 fully saturated rings. The molecule has 1 heterocycles. The fourth-order valence-corrected chi connectivity index (χ4v) is 2.65. The number of carbonyl (C=O) groups is 1. The molecule has 0 radical (unpaired) electrons. The van der Waals surface area contributed by atoms with Gasteiger partial charge < -0.3 is 10.4 Å². The van der Waals surface area contributed by atoms with Gasteiger partial charge in [0.1, 0.15) is 5.60 Å². The number of thiophene rings is 1. The third-order valence-corrected chi connectivity index (χ3v) is 4.14. The van der Waals surface area contributed by atoms with E-state index in [0.29, 0.717) is 11.4 Å². The quantitative estimate of drug-likeness (QED) is 0.892. The van der Waals surface area contributed by atoms with Crippen LogP contribution in [-0.4, -0.2) is 17.6 Å². The predicted molar refractivity (Wildman–Crippen MR) is 82.1 cm³/mol. The van der Waals surface area contributed by atoms with Gasteiger partial charge in [-0.05, 0) is 36.1 Å². The van der Waals surface area contributed by atoms with Crippen LogP contribution in [0.5, 0.6) is 0 Å². The third kappa shape index (κ3) is 4.07. The summed E-state index contributed by atoms with van der Waals surface area (Å²) in [6.07, 6.45) is 0.342. The molecule has 20 heavy (non-hydrogen) atoms.